The van der Waals surface area contributed by atoms with Gasteiger partial charge in [0.05, 0.1) is 11.2 Å². The fourth-order valence-electron chi connectivity index (χ4n) is 3.01. The minimum absolute atomic E-state index is 0.323. The maximum atomic E-state index is 6.43. The highest BCUT2D eigenvalue weighted by Crippen LogP contribution is 2.37. The van der Waals surface area contributed by atoms with Crippen LogP contribution in [0.4, 0.5) is 0 Å². The molecule has 5 heteroatoms. The zero-order valence-corrected chi connectivity index (χ0v) is 14.6. The van der Waals surface area contributed by atoms with Crippen molar-refractivity contribution in [3.05, 3.63) is 28.8 Å². The molecule has 2 saturated heterocycles. The molecule has 22 heavy (non-hydrogen) atoms. The van der Waals surface area contributed by atoms with E-state index in [9.17, 15) is 0 Å². The van der Waals surface area contributed by atoms with Gasteiger partial charge in [-0.25, -0.2) is 0 Å². The summed E-state index contributed by atoms with van der Waals surface area (Å²) in [6, 6.07) is 6.13. The van der Waals surface area contributed by atoms with Crippen LogP contribution in [-0.4, -0.2) is 31.5 Å². The molecule has 0 aromatic heterocycles. The van der Waals surface area contributed by atoms with Gasteiger partial charge >= 0.3 is 7.12 Å². The summed E-state index contributed by atoms with van der Waals surface area (Å²) in [5, 5.41) is 0.826. The summed E-state index contributed by atoms with van der Waals surface area (Å²) < 4.78 is 17.7. The van der Waals surface area contributed by atoms with Gasteiger partial charge in [0.1, 0.15) is 0 Å². The van der Waals surface area contributed by atoms with Crippen molar-refractivity contribution in [1.29, 1.82) is 0 Å². The van der Waals surface area contributed by atoms with Crippen molar-refractivity contribution in [3.8, 4) is 0 Å². The number of benzene rings is 1. The van der Waals surface area contributed by atoms with Crippen molar-refractivity contribution < 1.29 is 14.0 Å². The lowest BCUT2D eigenvalue weighted by Gasteiger charge is -2.32. The van der Waals surface area contributed by atoms with E-state index in [-0.39, 0.29) is 18.3 Å². The molecule has 1 aromatic rings. The Hall–Kier alpha value is -0.545. The van der Waals surface area contributed by atoms with Crippen LogP contribution in [0, 0.1) is 0 Å². The third-order valence-electron chi connectivity index (χ3n) is 5.21. The van der Waals surface area contributed by atoms with Gasteiger partial charge in [0.15, 0.2) is 0 Å². The molecule has 3 rings (SSSR count). The third-order valence-corrected chi connectivity index (χ3v) is 5.55. The van der Waals surface area contributed by atoms with Crippen LogP contribution in [0.3, 0.4) is 0 Å². The number of hydrogen-bond acceptors (Lipinski definition) is 3. The van der Waals surface area contributed by atoms with Crippen molar-refractivity contribution in [2.24, 2.45) is 0 Å². The van der Waals surface area contributed by atoms with E-state index in [2.05, 4.69) is 33.8 Å². The molecule has 0 unspecified atom stereocenters. The van der Waals surface area contributed by atoms with Gasteiger partial charge in [0.2, 0.25) is 0 Å². The van der Waals surface area contributed by atoms with Crippen LogP contribution in [-0.2, 0) is 14.0 Å². The molecular formula is C17H24BClO3. The largest absolute Gasteiger partial charge is 0.494 e. The van der Waals surface area contributed by atoms with Crippen LogP contribution < -0.4 is 5.46 Å². The highest BCUT2D eigenvalue weighted by Gasteiger charge is 2.51. The maximum absolute atomic E-state index is 6.43. The summed E-state index contributed by atoms with van der Waals surface area (Å²) in [7, 11) is -0.333. The zero-order valence-electron chi connectivity index (χ0n) is 13.8. The molecule has 3 nitrogen and oxygen atoms in total. The van der Waals surface area contributed by atoms with Gasteiger partial charge < -0.3 is 14.0 Å². The summed E-state index contributed by atoms with van der Waals surface area (Å²) in [6.07, 6.45) is 2.04. The Morgan fingerprint density at radius 2 is 1.64 bits per heavy atom. The van der Waals surface area contributed by atoms with E-state index in [0.29, 0.717) is 5.92 Å². The average Bonchev–Trinajstić information content (AvgIpc) is 2.69. The molecule has 0 bridgehead atoms. The first kappa shape index (κ1) is 16.3. The summed E-state index contributed by atoms with van der Waals surface area (Å²) in [4.78, 5) is 0. The Labute approximate surface area is 138 Å². The fraction of sp³-hybridized carbons (Fsp3) is 0.647. The van der Waals surface area contributed by atoms with Crippen molar-refractivity contribution in [1.82, 2.24) is 0 Å². The van der Waals surface area contributed by atoms with E-state index in [4.69, 9.17) is 25.6 Å². The van der Waals surface area contributed by atoms with Gasteiger partial charge in [-0.05, 0) is 63.5 Å². The summed E-state index contributed by atoms with van der Waals surface area (Å²) in [5.41, 5.74) is 1.59. The van der Waals surface area contributed by atoms with Crippen LogP contribution in [0.5, 0.6) is 0 Å². The number of halogens is 1. The highest BCUT2D eigenvalue weighted by atomic mass is 35.5. The lowest BCUT2D eigenvalue weighted by molar-refractivity contribution is 0.00578. The number of ether oxygens (including phenoxy) is 1. The fourth-order valence-corrected chi connectivity index (χ4v) is 3.28. The first-order valence-corrected chi connectivity index (χ1v) is 8.41. The summed E-state index contributed by atoms with van der Waals surface area (Å²) in [6.45, 7) is 9.90. The van der Waals surface area contributed by atoms with Gasteiger partial charge in [0, 0.05) is 18.2 Å². The minimum Gasteiger partial charge on any atom is -0.399 e. The van der Waals surface area contributed by atoms with Crippen molar-refractivity contribution in [2.75, 3.05) is 13.2 Å². The topological polar surface area (TPSA) is 27.7 Å². The lowest BCUT2D eigenvalue weighted by atomic mass is 9.76. The second-order valence-electron chi connectivity index (χ2n) is 7.26. The second kappa shape index (κ2) is 5.83. The Morgan fingerprint density at radius 3 is 2.23 bits per heavy atom. The third kappa shape index (κ3) is 2.94. The molecule has 120 valence electrons. The van der Waals surface area contributed by atoms with Crippen LogP contribution in [0.2, 0.25) is 5.02 Å². The van der Waals surface area contributed by atoms with Gasteiger partial charge in [-0.3, -0.25) is 0 Å². The van der Waals surface area contributed by atoms with Crippen LogP contribution in [0.1, 0.15) is 52.0 Å². The zero-order chi connectivity index (χ0) is 16.0. The Bertz CT molecular complexity index is 537. The standard InChI is InChI=1S/C17H24BClO3/c1-16(2)17(3,4)22-18(21-16)13-5-6-15(19)14(11-13)12-7-9-20-10-8-12/h5-6,11-12H,7-10H2,1-4H3. The van der Waals surface area contributed by atoms with E-state index in [1.54, 1.807) is 0 Å². The molecule has 2 heterocycles. The summed E-state index contributed by atoms with van der Waals surface area (Å²) >= 11 is 6.43. The molecule has 2 aliphatic heterocycles. The smallest absolute Gasteiger partial charge is 0.399 e. The van der Waals surface area contributed by atoms with Crippen molar-refractivity contribution >= 4 is 24.2 Å². The molecule has 0 aliphatic carbocycles. The van der Waals surface area contributed by atoms with Gasteiger partial charge in [0.25, 0.3) is 0 Å². The van der Waals surface area contributed by atoms with Crippen molar-refractivity contribution in [2.45, 2.75) is 57.7 Å². The Balaban J connectivity index is 1.87. The predicted molar refractivity (Wildman–Crippen MR) is 90.0 cm³/mol. The molecular weight excluding hydrogens is 298 g/mol. The van der Waals surface area contributed by atoms with Gasteiger partial charge in [-0.2, -0.15) is 0 Å². The molecule has 0 spiro atoms. The first-order chi connectivity index (χ1) is 10.3. The second-order valence-corrected chi connectivity index (χ2v) is 7.66. The van der Waals surface area contributed by atoms with Crippen LogP contribution in [0.15, 0.2) is 18.2 Å². The molecule has 0 N–H and O–H groups in total. The Kier molecular flexibility index (Phi) is 4.32. The minimum atomic E-state index is -0.333. The lowest BCUT2D eigenvalue weighted by Crippen LogP contribution is -2.41. The van der Waals surface area contributed by atoms with E-state index in [0.717, 1.165) is 36.5 Å². The highest BCUT2D eigenvalue weighted by molar-refractivity contribution is 6.62. The van der Waals surface area contributed by atoms with Gasteiger partial charge in [-0.1, -0.05) is 23.7 Å². The maximum Gasteiger partial charge on any atom is 0.494 e. The number of rotatable bonds is 2. The normalized spacial score (nSPS) is 24.7. The first-order valence-electron chi connectivity index (χ1n) is 8.03. The van der Waals surface area contributed by atoms with E-state index < -0.39 is 0 Å². The molecule has 1 aromatic carbocycles. The molecule has 0 saturated carbocycles. The molecule has 2 fully saturated rings. The van der Waals surface area contributed by atoms with Crippen LogP contribution >= 0.6 is 11.6 Å². The molecule has 2 aliphatic rings. The molecule has 0 radical (unpaired) electrons. The summed E-state index contributed by atoms with van der Waals surface area (Å²) in [5.74, 6) is 0.462. The predicted octanol–water partition coefficient (Wildman–Crippen LogP) is 3.53. The quantitative estimate of drug-likeness (QED) is 0.780. The van der Waals surface area contributed by atoms with E-state index in [1.807, 2.05) is 12.1 Å². The van der Waals surface area contributed by atoms with Crippen molar-refractivity contribution in [3.63, 3.8) is 0 Å². The molecule has 0 amide bonds. The number of hydrogen-bond donors (Lipinski definition) is 0. The monoisotopic (exact) mass is 322 g/mol. The van der Waals surface area contributed by atoms with E-state index >= 15 is 0 Å². The van der Waals surface area contributed by atoms with Crippen LogP contribution in [0.25, 0.3) is 0 Å². The van der Waals surface area contributed by atoms with E-state index in [1.165, 1.54) is 5.56 Å². The SMILES string of the molecule is CC1(C)OB(c2ccc(Cl)c(C3CCOCC3)c2)OC1(C)C. The van der Waals surface area contributed by atoms with Gasteiger partial charge in [-0.15, -0.1) is 0 Å². The average molecular weight is 323 g/mol. The molecule has 0 atom stereocenters. The Morgan fingerprint density at radius 1 is 1.05 bits per heavy atom.